The lowest BCUT2D eigenvalue weighted by molar-refractivity contribution is -0.150. The number of hydrazone groups is 1. The van der Waals surface area contributed by atoms with Crippen molar-refractivity contribution in [1.82, 2.24) is 4.90 Å². The smallest absolute Gasteiger partial charge is 0.264 e. The van der Waals surface area contributed by atoms with Crippen molar-refractivity contribution in [2.75, 3.05) is 30.2 Å². The van der Waals surface area contributed by atoms with Crippen molar-refractivity contribution in [3.63, 3.8) is 0 Å². The average Bonchev–Trinajstić information content (AvgIpc) is 3.70. The summed E-state index contributed by atoms with van der Waals surface area (Å²) in [7, 11) is -0.888. The number of carbonyl (C=O) groups is 3. The van der Waals surface area contributed by atoms with Crippen molar-refractivity contribution in [2.45, 2.75) is 69.6 Å². The molecular formula is C49H51BrN4O6Si. The van der Waals surface area contributed by atoms with Gasteiger partial charge in [0, 0.05) is 41.9 Å². The molecule has 3 amide bonds. The third-order valence-electron chi connectivity index (χ3n) is 12.8. The molecule has 1 N–H and O–H groups in total. The van der Waals surface area contributed by atoms with Gasteiger partial charge in [-0.1, -0.05) is 126 Å². The number of rotatable bonds is 13. The minimum Gasteiger partial charge on any atom is -0.497 e. The predicted molar refractivity (Wildman–Crippen MR) is 245 cm³/mol. The monoisotopic (exact) mass is 898 g/mol. The van der Waals surface area contributed by atoms with E-state index >= 15 is 4.79 Å². The molecule has 5 aromatic rings. The second-order valence-electron chi connectivity index (χ2n) is 16.7. The predicted octanol–water partition coefficient (Wildman–Crippen LogP) is 8.16. The highest BCUT2D eigenvalue weighted by atomic mass is 79.9. The molecule has 61 heavy (non-hydrogen) atoms. The molecule has 1 saturated heterocycles. The van der Waals surface area contributed by atoms with Gasteiger partial charge in [0.2, 0.25) is 11.8 Å². The van der Waals surface area contributed by atoms with Crippen LogP contribution in [-0.2, 0) is 37.8 Å². The molecule has 12 heteroatoms. The SMILES string of the molecule is COc1ccc([Si](C)(C)[C@@H]2[C@@H](CC(=O)N(CCO)Cc3ccccc3)O[C@]3(C(=O)N(Cc4ccc(N5N=C(c6ccccc6)CCC5=O)cc4)c4ccc(Br)cc43)[C@H]2C)cc1. The highest BCUT2D eigenvalue weighted by Gasteiger charge is 2.66. The van der Waals surface area contributed by atoms with Gasteiger partial charge in [-0.05, 0) is 64.7 Å². The molecule has 3 aliphatic heterocycles. The third-order valence-corrected chi connectivity index (χ3v) is 17.6. The Hall–Kier alpha value is -5.40. The fourth-order valence-electron chi connectivity index (χ4n) is 9.68. The highest BCUT2D eigenvalue weighted by molar-refractivity contribution is 9.10. The van der Waals surface area contributed by atoms with E-state index in [4.69, 9.17) is 14.6 Å². The molecule has 10 nitrogen and oxygen atoms in total. The maximum absolute atomic E-state index is 15.4. The Balaban J connectivity index is 1.13. The zero-order chi connectivity index (χ0) is 42.9. The standard InChI is InChI=1S/C49H51BrN4O6Si/c1-33-47(61(3,4)40-22-20-39(59-2)21-23-40)44(30-46(57)52(27-28-55)31-34-11-7-5-8-12-34)60-49(33)41-29-37(50)17-25-43(41)53(48(49)58)32-35-15-18-38(19-16-35)54-45(56)26-24-42(51-54)36-13-9-6-10-14-36/h5-23,25,29,33,44,47,55H,24,26-28,30-32H2,1-4H3/t33-,44+,47-,49+/m0/s1. The van der Waals surface area contributed by atoms with Crippen LogP contribution >= 0.6 is 15.9 Å². The van der Waals surface area contributed by atoms with Crippen molar-refractivity contribution >= 4 is 64.0 Å². The number of carbonyl (C=O) groups excluding carboxylic acids is 3. The Labute approximate surface area is 366 Å². The molecule has 1 spiro atoms. The number of benzene rings is 5. The van der Waals surface area contributed by atoms with E-state index in [1.807, 2.05) is 120 Å². The van der Waals surface area contributed by atoms with E-state index in [9.17, 15) is 14.7 Å². The number of amides is 3. The summed E-state index contributed by atoms with van der Waals surface area (Å²) in [5.41, 5.74) is 4.36. The van der Waals surface area contributed by atoms with Crippen molar-refractivity contribution in [3.05, 3.63) is 154 Å². The molecular weight excluding hydrogens is 849 g/mol. The van der Waals surface area contributed by atoms with Gasteiger partial charge >= 0.3 is 0 Å². The van der Waals surface area contributed by atoms with Crippen LogP contribution in [0.5, 0.6) is 5.75 Å². The van der Waals surface area contributed by atoms with Crippen LogP contribution in [-0.4, -0.2) is 67.9 Å². The fraction of sp³-hybridized carbons (Fsp3) is 0.306. The van der Waals surface area contributed by atoms with Crippen LogP contribution in [0.2, 0.25) is 18.6 Å². The first kappa shape index (κ1) is 42.3. The van der Waals surface area contributed by atoms with E-state index in [1.54, 1.807) is 12.0 Å². The maximum Gasteiger partial charge on any atom is 0.264 e. The minimum absolute atomic E-state index is 0.0535. The van der Waals surface area contributed by atoms with Crippen LogP contribution in [0.1, 0.15) is 48.4 Å². The number of hydrogen-bond acceptors (Lipinski definition) is 7. The summed E-state index contributed by atoms with van der Waals surface area (Å²) in [6.07, 6.45) is 0.401. The molecule has 314 valence electrons. The van der Waals surface area contributed by atoms with E-state index in [0.717, 1.165) is 43.9 Å². The Morgan fingerprint density at radius 3 is 2.28 bits per heavy atom. The van der Waals surface area contributed by atoms with Crippen LogP contribution in [0.15, 0.2) is 137 Å². The number of methoxy groups -OCH3 is 1. The molecule has 0 aromatic heterocycles. The number of halogens is 1. The summed E-state index contributed by atoms with van der Waals surface area (Å²) in [6.45, 7) is 7.34. The van der Waals surface area contributed by atoms with Gasteiger partial charge in [0.05, 0.1) is 57.9 Å². The lowest BCUT2D eigenvalue weighted by atomic mass is 9.82. The lowest BCUT2D eigenvalue weighted by Gasteiger charge is -2.37. The molecule has 0 bridgehead atoms. The summed E-state index contributed by atoms with van der Waals surface area (Å²) in [6, 6.07) is 41.4. The van der Waals surface area contributed by atoms with Crippen LogP contribution in [0.4, 0.5) is 11.4 Å². The number of fused-ring (bicyclic) bond motifs is 2. The Bertz CT molecular complexity index is 2430. The van der Waals surface area contributed by atoms with Crippen LogP contribution in [0, 0.1) is 5.92 Å². The number of ether oxygens (including phenoxy) is 2. The second-order valence-corrected chi connectivity index (χ2v) is 22.3. The Morgan fingerprint density at radius 1 is 0.918 bits per heavy atom. The fourth-order valence-corrected chi connectivity index (χ4v) is 14.0. The highest BCUT2D eigenvalue weighted by Crippen LogP contribution is 2.60. The summed E-state index contributed by atoms with van der Waals surface area (Å²) in [5, 5.41) is 17.5. The van der Waals surface area contributed by atoms with Gasteiger partial charge in [0.25, 0.3) is 5.91 Å². The number of hydrogen-bond donors (Lipinski definition) is 1. The topological polar surface area (TPSA) is 112 Å². The molecule has 0 saturated carbocycles. The number of aliphatic hydroxyl groups is 1. The summed E-state index contributed by atoms with van der Waals surface area (Å²) in [4.78, 5) is 46.4. The zero-order valence-corrected chi connectivity index (χ0v) is 37.5. The number of anilines is 2. The van der Waals surface area contributed by atoms with Gasteiger partial charge in [-0.15, -0.1) is 0 Å². The van der Waals surface area contributed by atoms with E-state index in [0.29, 0.717) is 25.1 Å². The molecule has 5 aromatic carbocycles. The normalized spacial score (nSPS) is 21.1. The largest absolute Gasteiger partial charge is 0.497 e. The molecule has 8 rings (SSSR count). The van der Waals surface area contributed by atoms with Crippen molar-refractivity contribution in [1.29, 1.82) is 0 Å². The van der Waals surface area contributed by atoms with Crippen molar-refractivity contribution in [2.24, 2.45) is 11.0 Å². The minimum atomic E-state index is -2.54. The van der Waals surface area contributed by atoms with Gasteiger partial charge in [-0.3, -0.25) is 14.4 Å². The summed E-state index contributed by atoms with van der Waals surface area (Å²) in [5.74, 6) is 0.0643. The average molecular weight is 900 g/mol. The van der Waals surface area contributed by atoms with Gasteiger partial charge < -0.3 is 24.4 Å². The second kappa shape index (κ2) is 17.5. The van der Waals surface area contributed by atoms with Gasteiger partial charge in [-0.2, -0.15) is 5.10 Å². The van der Waals surface area contributed by atoms with Gasteiger partial charge in [0.1, 0.15) is 5.75 Å². The van der Waals surface area contributed by atoms with Gasteiger partial charge in [-0.25, -0.2) is 5.01 Å². The molecule has 0 aliphatic carbocycles. The molecule has 0 unspecified atom stereocenters. The van der Waals surface area contributed by atoms with Crippen molar-refractivity contribution < 1.29 is 29.0 Å². The molecule has 3 aliphatic rings. The Kier molecular flexibility index (Phi) is 12.2. The Morgan fingerprint density at radius 2 is 1.61 bits per heavy atom. The van der Waals surface area contributed by atoms with Crippen molar-refractivity contribution in [3.8, 4) is 5.75 Å². The van der Waals surface area contributed by atoms with E-state index in [2.05, 4.69) is 48.1 Å². The van der Waals surface area contributed by atoms with Crippen LogP contribution in [0.3, 0.4) is 0 Å². The number of aliphatic hydroxyl groups excluding tert-OH is 1. The first-order chi connectivity index (χ1) is 29.4. The molecule has 4 atom stereocenters. The van der Waals surface area contributed by atoms with E-state index < -0.39 is 19.8 Å². The first-order valence-corrected chi connectivity index (χ1v) is 24.7. The lowest BCUT2D eigenvalue weighted by Crippen LogP contribution is -2.52. The van der Waals surface area contributed by atoms with Crippen LogP contribution < -0.4 is 19.8 Å². The number of nitrogens with zero attached hydrogens (tertiary/aromatic N) is 4. The maximum atomic E-state index is 15.4. The quantitative estimate of drug-likeness (QED) is 0.120. The van der Waals surface area contributed by atoms with Crippen LogP contribution in [0.25, 0.3) is 0 Å². The van der Waals surface area contributed by atoms with Gasteiger partial charge in [0.15, 0.2) is 5.60 Å². The summed E-state index contributed by atoms with van der Waals surface area (Å²) < 4.78 is 13.6. The third kappa shape index (κ3) is 8.09. The first-order valence-electron chi connectivity index (χ1n) is 20.9. The zero-order valence-electron chi connectivity index (χ0n) is 35.0. The van der Waals surface area contributed by atoms with E-state index in [-0.39, 0.29) is 55.3 Å². The molecule has 0 radical (unpaired) electrons. The van der Waals surface area contributed by atoms with E-state index in [1.165, 1.54) is 10.2 Å². The molecule has 3 heterocycles. The molecule has 1 fully saturated rings. The summed E-state index contributed by atoms with van der Waals surface area (Å²) >= 11 is 3.70.